The van der Waals surface area contributed by atoms with E-state index in [9.17, 15) is 4.39 Å². The van der Waals surface area contributed by atoms with Crippen LogP contribution in [-0.4, -0.2) is 38.1 Å². The third-order valence-electron chi connectivity index (χ3n) is 4.06. The molecule has 0 spiro atoms. The number of nitrogens with zero attached hydrogens (tertiary/aromatic N) is 2. The summed E-state index contributed by atoms with van der Waals surface area (Å²) in [7, 11) is 4.19. The van der Waals surface area contributed by atoms with Gasteiger partial charge in [-0.05, 0) is 64.0 Å². The smallest absolute Gasteiger partial charge is 0.126 e. The minimum atomic E-state index is -0.163. The van der Waals surface area contributed by atoms with E-state index >= 15 is 0 Å². The van der Waals surface area contributed by atoms with Crippen molar-refractivity contribution >= 4 is 5.69 Å². The maximum absolute atomic E-state index is 13.8. The predicted molar refractivity (Wildman–Crippen MR) is 82.7 cm³/mol. The Labute approximate surface area is 121 Å². The lowest BCUT2D eigenvalue weighted by Gasteiger charge is -2.32. The zero-order chi connectivity index (χ0) is 14.9. The summed E-state index contributed by atoms with van der Waals surface area (Å²) >= 11 is 0. The van der Waals surface area contributed by atoms with Gasteiger partial charge in [-0.2, -0.15) is 0 Å². The summed E-state index contributed by atoms with van der Waals surface area (Å²) in [5.74, 6) is -0.163. The van der Waals surface area contributed by atoms with Gasteiger partial charge in [0.05, 0.1) is 0 Å². The lowest BCUT2D eigenvalue weighted by atomic mass is 10.0. The topological polar surface area (TPSA) is 32.5 Å². The standard InChI is InChI=1S/C16H26FN3/c1-11-8-16(14(12(2)18)9-15(11)17)20-7-5-6-13(20)10-19(3)4/h8-9,12-13H,5-7,10,18H2,1-4H3. The first-order valence-electron chi connectivity index (χ1n) is 7.37. The molecule has 1 saturated heterocycles. The van der Waals surface area contributed by atoms with Crippen LogP contribution in [0.4, 0.5) is 10.1 Å². The Kier molecular flexibility index (Phi) is 4.66. The van der Waals surface area contributed by atoms with Crippen molar-refractivity contribution in [1.82, 2.24) is 4.90 Å². The lowest BCUT2D eigenvalue weighted by Crippen LogP contribution is -2.38. The molecule has 0 radical (unpaired) electrons. The number of likely N-dealkylation sites (N-methyl/N-ethyl adjacent to an activating group) is 1. The van der Waals surface area contributed by atoms with Gasteiger partial charge in [-0.3, -0.25) is 0 Å². The second-order valence-corrected chi connectivity index (χ2v) is 6.20. The molecule has 1 aromatic carbocycles. The quantitative estimate of drug-likeness (QED) is 0.919. The maximum atomic E-state index is 13.8. The first kappa shape index (κ1) is 15.3. The summed E-state index contributed by atoms with van der Waals surface area (Å²) in [5, 5.41) is 0. The molecule has 20 heavy (non-hydrogen) atoms. The van der Waals surface area contributed by atoms with Crippen LogP contribution in [0.1, 0.15) is 36.9 Å². The highest BCUT2D eigenvalue weighted by Gasteiger charge is 2.28. The van der Waals surface area contributed by atoms with Crippen LogP contribution in [0, 0.1) is 12.7 Å². The highest BCUT2D eigenvalue weighted by Crippen LogP contribution is 2.33. The van der Waals surface area contributed by atoms with Crippen molar-refractivity contribution in [2.24, 2.45) is 5.73 Å². The summed E-state index contributed by atoms with van der Waals surface area (Å²) in [6, 6.07) is 3.91. The van der Waals surface area contributed by atoms with Gasteiger partial charge in [-0.25, -0.2) is 4.39 Å². The molecule has 0 saturated carbocycles. The van der Waals surface area contributed by atoms with Gasteiger partial charge in [0.15, 0.2) is 0 Å². The number of benzene rings is 1. The van der Waals surface area contributed by atoms with Crippen LogP contribution in [0.15, 0.2) is 12.1 Å². The third kappa shape index (κ3) is 3.13. The molecule has 1 heterocycles. The minimum Gasteiger partial charge on any atom is -0.367 e. The molecule has 112 valence electrons. The summed E-state index contributed by atoms with van der Waals surface area (Å²) in [5.41, 5.74) is 8.77. The largest absolute Gasteiger partial charge is 0.367 e. The zero-order valence-corrected chi connectivity index (χ0v) is 13.0. The average molecular weight is 279 g/mol. The lowest BCUT2D eigenvalue weighted by molar-refractivity contribution is 0.372. The molecule has 2 unspecified atom stereocenters. The molecule has 0 amide bonds. The van der Waals surface area contributed by atoms with Crippen LogP contribution >= 0.6 is 0 Å². The molecule has 1 fully saturated rings. The van der Waals surface area contributed by atoms with E-state index < -0.39 is 0 Å². The Morgan fingerprint density at radius 1 is 1.45 bits per heavy atom. The average Bonchev–Trinajstić information content (AvgIpc) is 2.79. The maximum Gasteiger partial charge on any atom is 0.126 e. The Bertz CT molecular complexity index is 471. The van der Waals surface area contributed by atoms with E-state index in [2.05, 4.69) is 23.9 Å². The first-order chi connectivity index (χ1) is 9.40. The van der Waals surface area contributed by atoms with E-state index in [1.807, 2.05) is 19.9 Å². The summed E-state index contributed by atoms with van der Waals surface area (Å²) in [6.07, 6.45) is 2.38. The van der Waals surface area contributed by atoms with Crippen LogP contribution in [-0.2, 0) is 0 Å². The van der Waals surface area contributed by atoms with E-state index in [-0.39, 0.29) is 11.9 Å². The van der Waals surface area contributed by atoms with Gasteiger partial charge in [0.2, 0.25) is 0 Å². The van der Waals surface area contributed by atoms with Crippen LogP contribution in [0.2, 0.25) is 0 Å². The van der Waals surface area contributed by atoms with Gasteiger partial charge in [0.25, 0.3) is 0 Å². The number of nitrogens with two attached hydrogens (primary N) is 1. The molecule has 4 heteroatoms. The first-order valence-corrected chi connectivity index (χ1v) is 7.37. The molecule has 0 aliphatic carbocycles. The number of hydrogen-bond acceptors (Lipinski definition) is 3. The van der Waals surface area contributed by atoms with Gasteiger partial charge < -0.3 is 15.5 Å². The molecule has 0 bridgehead atoms. The molecule has 2 N–H and O–H groups in total. The zero-order valence-electron chi connectivity index (χ0n) is 13.0. The third-order valence-corrected chi connectivity index (χ3v) is 4.06. The summed E-state index contributed by atoms with van der Waals surface area (Å²) in [4.78, 5) is 4.62. The number of anilines is 1. The molecule has 2 rings (SSSR count). The number of hydrogen-bond donors (Lipinski definition) is 1. The fraction of sp³-hybridized carbons (Fsp3) is 0.625. The Hall–Kier alpha value is -1.13. The van der Waals surface area contributed by atoms with E-state index in [0.29, 0.717) is 11.6 Å². The van der Waals surface area contributed by atoms with E-state index in [1.165, 1.54) is 12.8 Å². The van der Waals surface area contributed by atoms with E-state index in [0.717, 1.165) is 24.3 Å². The molecule has 2 atom stereocenters. The second-order valence-electron chi connectivity index (χ2n) is 6.20. The van der Waals surface area contributed by atoms with E-state index in [4.69, 9.17) is 5.73 Å². The van der Waals surface area contributed by atoms with Gasteiger partial charge in [-0.15, -0.1) is 0 Å². The van der Waals surface area contributed by atoms with Crippen molar-refractivity contribution in [2.45, 2.75) is 38.8 Å². The highest BCUT2D eigenvalue weighted by atomic mass is 19.1. The minimum absolute atomic E-state index is 0.152. The van der Waals surface area contributed by atoms with Crippen molar-refractivity contribution in [2.75, 3.05) is 32.1 Å². The molecular formula is C16H26FN3. The van der Waals surface area contributed by atoms with Gasteiger partial charge in [-0.1, -0.05) is 0 Å². The number of aryl methyl sites for hydroxylation is 1. The van der Waals surface area contributed by atoms with Crippen molar-refractivity contribution in [3.05, 3.63) is 29.1 Å². The van der Waals surface area contributed by atoms with Crippen LogP contribution in [0.3, 0.4) is 0 Å². The van der Waals surface area contributed by atoms with Crippen LogP contribution in [0.25, 0.3) is 0 Å². The molecule has 1 aliphatic heterocycles. The monoisotopic (exact) mass is 279 g/mol. The predicted octanol–water partition coefficient (Wildman–Crippen LogP) is 2.68. The van der Waals surface area contributed by atoms with Crippen molar-refractivity contribution in [3.8, 4) is 0 Å². The normalized spacial score (nSPS) is 20.8. The fourth-order valence-corrected chi connectivity index (χ4v) is 3.06. The Balaban J connectivity index is 2.37. The van der Waals surface area contributed by atoms with Gasteiger partial charge in [0.1, 0.15) is 5.82 Å². The van der Waals surface area contributed by atoms with E-state index in [1.54, 1.807) is 6.07 Å². The van der Waals surface area contributed by atoms with Crippen molar-refractivity contribution in [3.63, 3.8) is 0 Å². The Morgan fingerprint density at radius 2 is 2.15 bits per heavy atom. The number of rotatable bonds is 4. The molecule has 3 nitrogen and oxygen atoms in total. The van der Waals surface area contributed by atoms with Crippen molar-refractivity contribution in [1.29, 1.82) is 0 Å². The van der Waals surface area contributed by atoms with Gasteiger partial charge in [0, 0.05) is 30.9 Å². The van der Waals surface area contributed by atoms with Crippen LogP contribution < -0.4 is 10.6 Å². The fourth-order valence-electron chi connectivity index (χ4n) is 3.06. The molecular weight excluding hydrogens is 253 g/mol. The number of halogens is 1. The highest BCUT2D eigenvalue weighted by molar-refractivity contribution is 5.58. The van der Waals surface area contributed by atoms with Crippen LogP contribution in [0.5, 0.6) is 0 Å². The van der Waals surface area contributed by atoms with Crippen molar-refractivity contribution < 1.29 is 4.39 Å². The SMILES string of the molecule is Cc1cc(N2CCCC2CN(C)C)c(C(C)N)cc1F. The summed E-state index contributed by atoms with van der Waals surface area (Å²) < 4.78 is 13.8. The second kappa shape index (κ2) is 6.10. The molecule has 1 aliphatic rings. The molecule has 0 aromatic heterocycles. The summed E-state index contributed by atoms with van der Waals surface area (Å²) in [6.45, 7) is 5.80. The van der Waals surface area contributed by atoms with Gasteiger partial charge >= 0.3 is 0 Å². The Morgan fingerprint density at radius 3 is 2.75 bits per heavy atom. The molecule has 1 aromatic rings.